The van der Waals surface area contributed by atoms with E-state index >= 15 is 0 Å². The highest BCUT2D eigenvalue weighted by molar-refractivity contribution is 5.68. The fourth-order valence-electron chi connectivity index (χ4n) is 3.64. The second kappa shape index (κ2) is 5.78. The number of rotatable bonds is 2. The van der Waals surface area contributed by atoms with Crippen LogP contribution in [0.5, 0.6) is 11.5 Å². The first-order valence-corrected chi connectivity index (χ1v) is 8.54. The van der Waals surface area contributed by atoms with Crippen molar-refractivity contribution in [2.45, 2.75) is 63.1 Å². The molecule has 5 atom stereocenters. The number of ether oxygens (including phenoxy) is 4. The number of aliphatic hydroxyl groups excluding tert-OH is 1. The van der Waals surface area contributed by atoms with E-state index in [0.717, 1.165) is 5.56 Å². The Balaban J connectivity index is 1.57. The van der Waals surface area contributed by atoms with Crippen LogP contribution in [0.25, 0.3) is 0 Å². The van der Waals surface area contributed by atoms with Crippen molar-refractivity contribution >= 4 is 6.09 Å². The van der Waals surface area contributed by atoms with Gasteiger partial charge in [-0.25, -0.2) is 4.79 Å². The standard InChI is InChI=1S/C18H23NO6/c1-18(2,3)25-17(21)19-10-7-13-16(24-13)15(20)14(10)9-4-5-11-12(6-9)23-8-22-11/h4-6,10,13-16,20H,7-8H2,1-3H3,(H,19,21)/t10-,13+,14+,15-,16+/m0/s1. The summed E-state index contributed by atoms with van der Waals surface area (Å²) in [6.45, 7) is 5.65. The molecule has 7 nitrogen and oxygen atoms in total. The van der Waals surface area contributed by atoms with E-state index in [0.29, 0.717) is 17.9 Å². The van der Waals surface area contributed by atoms with Gasteiger partial charge in [0.05, 0.1) is 12.2 Å². The minimum absolute atomic E-state index is 0.0137. The summed E-state index contributed by atoms with van der Waals surface area (Å²) in [6.07, 6.45) is -0.735. The zero-order valence-corrected chi connectivity index (χ0v) is 14.5. The minimum Gasteiger partial charge on any atom is -0.454 e. The number of carbonyl (C=O) groups is 1. The van der Waals surface area contributed by atoms with Gasteiger partial charge >= 0.3 is 6.09 Å². The molecule has 3 aliphatic rings. The summed E-state index contributed by atoms with van der Waals surface area (Å²) < 4.78 is 21.7. The van der Waals surface area contributed by atoms with Gasteiger partial charge in [-0.1, -0.05) is 6.07 Å². The zero-order chi connectivity index (χ0) is 17.8. The molecule has 2 heterocycles. The van der Waals surface area contributed by atoms with Crippen molar-refractivity contribution in [3.8, 4) is 11.5 Å². The van der Waals surface area contributed by atoms with Gasteiger partial charge in [-0.05, 0) is 44.9 Å². The number of amides is 1. The van der Waals surface area contributed by atoms with Gasteiger partial charge in [0.1, 0.15) is 11.7 Å². The molecule has 7 heteroatoms. The van der Waals surface area contributed by atoms with Crippen LogP contribution < -0.4 is 14.8 Å². The molecule has 1 aliphatic carbocycles. The number of epoxide rings is 1. The number of nitrogens with one attached hydrogen (secondary N) is 1. The lowest BCUT2D eigenvalue weighted by molar-refractivity contribution is 0.0428. The molecule has 0 bridgehead atoms. The largest absolute Gasteiger partial charge is 0.454 e. The molecule has 1 aromatic carbocycles. The van der Waals surface area contributed by atoms with Crippen LogP contribution in [0.2, 0.25) is 0 Å². The highest BCUT2D eigenvalue weighted by Crippen LogP contribution is 2.46. The lowest BCUT2D eigenvalue weighted by Crippen LogP contribution is -2.50. The molecule has 4 rings (SSSR count). The van der Waals surface area contributed by atoms with Gasteiger partial charge < -0.3 is 29.4 Å². The molecule has 1 aromatic rings. The SMILES string of the molecule is CC(C)(C)OC(=O)N[C@H]1C[C@H]2O[C@H]2[C@@H](O)[C@@H]1c1ccc2c(c1)OCO2. The van der Waals surface area contributed by atoms with E-state index in [1.165, 1.54) is 0 Å². The second-order valence-electron chi connectivity index (χ2n) is 7.76. The van der Waals surface area contributed by atoms with E-state index in [2.05, 4.69) is 5.32 Å². The summed E-state index contributed by atoms with van der Waals surface area (Å²) in [6, 6.07) is 5.31. The average molecular weight is 349 g/mol. The zero-order valence-electron chi connectivity index (χ0n) is 14.5. The van der Waals surface area contributed by atoms with Gasteiger partial charge in [-0.15, -0.1) is 0 Å². The summed E-state index contributed by atoms with van der Waals surface area (Å²) in [5.74, 6) is 1.04. The molecule has 1 saturated heterocycles. The van der Waals surface area contributed by atoms with Gasteiger partial charge in [0.25, 0.3) is 0 Å². The van der Waals surface area contributed by atoms with Crippen molar-refractivity contribution in [3.05, 3.63) is 23.8 Å². The molecule has 1 amide bonds. The maximum Gasteiger partial charge on any atom is 0.407 e. The average Bonchev–Trinajstić information content (AvgIpc) is 3.13. The molecule has 2 fully saturated rings. The predicted molar refractivity (Wildman–Crippen MR) is 87.7 cm³/mol. The topological polar surface area (TPSA) is 89.6 Å². The van der Waals surface area contributed by atoms with Crippen molar-refractivity contribution in [2.24, 2.45) is 0 Å². The number of aliphatic hydroxyl groups is 1. The van der Waals surface area contributed by atoms with E-state index < -0.39 is 17.8 Å². The lowest BCUT2D eigenvalue weighted by atomic mass is 9.78. The molecule has 2 aliphatic heterocycles. The quantitative estimate of drug-likeness (QED) is 0.793. The number of alkyl carbamates (subject to hydrolysis) is 1. The second-order valence-corrected chi connectivity index (χ2v) is 7.76. The van der Waals surface area contributed by atoms with Crippen molar-refractivity contribution in [3.63, 3.8) is 0 Å². The van der Waals surface area contributed by atoms with Crippen molar-refractivity contribution < 1.29 is 28.8 Å². The van der Waals surface area contributed by atoms with Gasteiger partial charge in [-0.2, -0.15) is 0 Å². The summed E-state index contributed by atoms with van der Waals surface area (Å²) in [7, 11) is 0. The van der Waals surface area contributed by atoms with Gasteiger partial charge in [-0.3, -0.25) is 0 Å². The maximum absolute atomic E-state index is 12.2. The van der Waals surface area contributed by atoms with Crippen LogP contribution in [-0.4, -0.2) is 47.9 Å². The van der Waals surface area contributed by atoms with Crippen LogP contribution in [0.15, 0.2) is 18.2 Å². The molecule has 136 valence electrons. The molecule has 0 radical (unpaired) electrons. The predicted octanol–water partition coefficient (Wildman–Crippen LogP) is 1.92. The number of hydrogen-bond acceptors (Lipinski definition) is 6. The smallest absolute Gasteiger partial charge is 0.407 e. The van der Waals surface area contributed by atoms with Gasteiger partial charge in [0.2, 0.25) is 6.79 Å². The Hall–Kier alpha value is -1.99. The molecular weight excluding hydrogens is 326 g/mol. The molecule has 2 N–H and O–H groups in total. The molecule has 1 saturated carbocycles. The van der Waals surface area contributed by atoms with E-state index in [1.807, 2.05) is 39.0 Å². The third-order valence-corrected chi connectivity index (χ3v) is 4.73. The minimum atomic E-state index is -0.695. The Morgan fingerprint density at radius 3 is 2.80 bits per heavy atom. The van der Waals surface area contributed by atoms with Crippen LogP contribution in [0, 0.1) is 0 Å². The van der Waals surface area contributed by atoms with Crippen molar-refractivity contribution in [1.29, 1.82) is 0 Å². The Morgan fingerprint density at radius 2 is 2.04 bits per heavy atom. The van der Waals surface area contributed by atoms with Gasteiger partial charge in [0, 0.05) is 12.0 Å². The third kappa shape index (κ3) is 3.26. The summed E-state index contributed by atoms with van der Waals surface area (Å²) in [5, 5.41) is 13.6. The maximum atomic E-state index is 12.2. The summed E-state index contributed by atoms with van der Waals surface area (Å²) >= 11 is 0. The Bertz CT molecular complexity index is 685. The fraction of sp³-hybridized carbons (Fsp3) is 0.611. The molecular formula is C18H23NO6. The van der Waals surface area contributed by atoms with E-state index in [9.17, 15) is 9.90 Å². The Kier molecular flexibility index (Phi) is 3.81. The fourth-order valence-corrected chi connectivity index (χ4v) is 3.64. The lowest BCUT2D eigenvalue weighted by Gasteiger charge is -2.34. The van der Waals surface area contributed by atoms with Crippen LogP contribution in [0.3, 0.4) is 0 Å². The number of hydrogen-bond donors (Lipinski definition) is 2. The molecule has 0 aromatic heterocycles. The van der Waals surface area contributed by atoms with Crippen molar-refractivity contribution in [1.82, 2.24) is 5.32 Å². The number of fused-ring (bicyclic) bond motifs is 2. The summed E-state index contributed by atoms with van der Waals surface area (Å²) in [5.41, 5.74) is 0.302. The first-order chi connectivity index (χ1) is 11.8. The number of benzene rings is 1. The number of carbonyl (C=O) groups excluding carboxylic acids is 1. The molecule has 25 heavy (non-hydrogen) atoms. The normalized spacial score (nSPS) is 32.7. The molecule has 0 unspecified atom stereocenters. The third-order valence-electron chi connectivity index (χ3n) is 4.73. The Labute approximate surface area is 146 Å². The van der Waals surface area contributed by atoms with Crippen LogP contribution >= 0.6 is 0 Å². The monoisotopic (exact) mass is 349 g/mol. The highest BCUT2D eigenvalue weighted by atomic mass is 16.7. The summed E-state index contributed by atoms with van der Waals surface area (Å²) in [4.78, 5) is 12.2. The van der Waals surface area contributed by atoms with Crippen LogP contribution in [0.1, 0.15) is 38.7 Å². The van der Waals surface area contributed by atoms with E-state index in [1.54, 1.807) is 0 Å². The van der Waals surface area contributed by atoms with Crippen LogP contribution in [-0.2, 0) is 9.47 Å². The molecule has 0 spiro atoms. The van der Waals surface area contributed by atoms with Gasteiger partial charge in [0.15, 0.2) is 11.5 Å². The van der Waals surface area contributed by atoms with Crippen LogP contribution in [0.4, 0.5) is 4.79 Å². The van der Waals surface area contributed by atoms with E-state index in [-0.39, 0.29) is 31.0 Å². The Morgan fingerprint density at radius 1 is 1.28 bits per heavy atom. The van der Waals surface area contributed by atoms with E-state index in [4.69, 9.17) is 18.9 Å². The highest BCUT2D eigenvalue weighted by Gasteiger charge is 2.55. The first kappa shape index (κ1) is 16.5. The first-order valence-electron chi connectivity index (χ1n) is 8.54. The van der Waals surface area contributed by atoms with Crippen molar-refractivity contribution in [2.75, 3.05) is 6.79 Å².